The van der Waals surface area contributed by atoms with Crippen molar-refractivity contribution in [3.63, 3.8) is 0 Å². The molecule has 0 amide bonds. The lowest BCUT2D eigenvalue weighted by atomic mass is 10.1. The van der Waals surface area contributed by atoms with Crippen LogP contribution in [0, 0.1) is 6.92 Å². The molecular formula is C14H19BrN2. The summed E-state index contributed by atoms with van der Waals surface area (Å²) in [5.41, 5.74) is 2.57. The topological polar surface area (TPSA) is 15.3 Å². The lowest BCUT2D eigenvalue weighted by Gasteiger charge is -2.22. The van der Waals surface area contributed by atoms with Gasteiger partial charge < -0.3 is 5.32 Å². The molecule has 1 N–H and O–H groups in total. The molecule has 0 bridgehead atoms. The standard InChI is InChI=1S/C14H19BrN2/c1-10-9-11(4-5-12(10)15)16-13-6-8-17-7-2-3-14(13)17/h4-5,9,13-14,16H,2-3,6-8H2,1H3. The fourth-order valence-corrected chi connectivity index (χ4v) is 3.45. The third-order valence-electron chi connectivity index (χ3n) is 4.12. The first-order chi connectivity index (χ1) is 8.24. The number of hydrogen-bond donors (Lipinski definition) is 1. The number of fused-ring (bicyclic) bond motifs is 1. The molecule has 1 aromatic rings. The van der Waals surface area contributed by atoms with Crippen LogP contribution in [-0.2, 0) is 0 Å². The first kappa shape index (κ1) is 11.5. The number of halogens is 1. The third-order valence-corrected chi connectivity index (χ3v) is 5.01. The van der Waals surface area contributed by atoms with Gasteiger partial charge in [-0.2, -0.15) is 0 Å². The molecule has 0 saturated carbocycles. The summed E-state index contributed by atoms with van der Waals surface area (Å²) in [4.78, 5) is 2.64. The predicted molar refractivity (Wildman–Crippen MR) is 75.5 cm³/mol. The number of benzene rings is 1. The summed E-state index contributed by atoms with van der Waals surface area (Å²) in [5.74, 6) is 0. The summed E-state index contributed by atoms with van der Waals surface area (Å²) in [6.07, 6.45) is 4.04. The zero-order valence-corrected chi connectivity index (χ0v) is 11.8. The Balaban J connectivity index is 1.72. The third kappa shape index (κ3) is 2.23. The van der Waals surface area contributed by atoms with Gasteiger partial charge in [-0.05, 0) is 56.5 Å². The van der Waals surface area contributed by atoms with E-state index in [1.54, 1.807) is 0 Å². The molecule has 2 fully saturated rings. The molecule has 17 heavy (non-hydrogen) atoms. The maximum Gasteiger partial charge on any atom is 0.0429 e. The van der Waals surface area contributed by atoms with E-state index in [0.29, 0.717) is 6.04 Å². The van der Waals surface area contributed by atoms with E-state index in [0.717, 1.165) is 6.04 Å². The minimum Gasteiger partial charge on any atom is -0.381 e. The Morgan fingerprint density at radius 2 is 2.18 bits per heavy atom. The Bertz CT molecular complexity index is 419. The molecule has 3 heteroatoms. The van der Waals surface area contributed by atoms with Crippen LogP contribution in [0.2, 0.25) is 0 Å². The summed E-state index contributed by atoms with van der Waals surface area (Å²) in [6.45, 7) is 4.73. The molecule has 1 aromatic carbocycles. The van der Waals surface area contributed by atoms with Crippen molar-refractivity contribution in [3.8, 4) is 0 Å². The quantitative estimate of drug-likeness (QED) is 0.899. The van der Waals surface area contributed by atoms with Crippen LogP contribution in [0.5, 0.6) is 0 Å². The van der Waals surface area contributed by atoms with E-state index in [4.69, 9.17) is 0 Å². The highest BCUT2D eigenvalue weighted by Gasteiger charge is 2.36. The highest BCUT2D eigenvalue weighted by atomic mass is 79.9. The van der Waals surface area contributed by atoms with Gasteiger partial charge in [0.05, 0.1) is 0 Å². The second-order valence-electron chi connectivity index (χ2n) is 5.25. The summed E-state index contributed by atoms with van der Waals surface area (Å²) >= 11 is 3.55. The van der Waals surface area contributed by atoms with Gasteiger partial charge >= 0.3 is 0 Å². The molecule has 2 atom stereocenters. The van der Waals surface area contributed by atoms with E-state index in [-0.39, 0.29) is 0 Å². The maximum atomic E-state index is 3.72. The average molecular weight is 295 g/mol. The predicted octanol–water partition coefficient (Wildman–Crippen LogP) is 3.41. The molecule has 0 radical (unpaired) electrons. The van der Waals surface area contributed by atoms with Gasteiger partial charge in [-0.1, -0.05) is 15.9 Å². The zero-order valence-electron chi connectivity index (χ0n) is 10.2. The SMILES string of the molecule is Cc1cc(NC2CCN3CCCC23)ccc1Br. The van der Waals surface area contributed by atoms with Crippen molar-refractivity contribution in [3.05, 3.63) is 28.2 Å². The van der Waals surface area contributed by atoms with Gasteiger partial charge in [0, 0.05) is 28.8 Å². The molecule has 2 nitrogen and oxygen atoms in total. The molecule has 2 aliphatic rings. The number of anilines is 1. The Labute approximate surface area is 112 Å². The largest absolute Gasteiger partial charge is 0.381 e. The summed E-state index contributed by atoms with van der Waals surface area (Å²) in [7, 11) is 0. The normalized spacial score (nSPS) is 28.4. The van der Waals surface area contributed by atoms with Crippen LogP contribution in [0.1, 0.15) is 24.8 Å². The van der Waals surface area contributed by atoms with Crippen LogP contribution in [0.15, 0.2) is 22.7 Å². The van der Waals surface area contributed by atoms with Crippen molar-refractivity contribution in [2.45, 2.75) is 38.3 Å². The highest BCUT2D eigenvalue weighted by Crippen LogP contribution is 2.30. The summed E-state index contributed by atoms with van der Waals surface area (Å²) in [6, 6.07) is 7.98. The molecule has 2 heterocycles. The molecular weight excluding hydrogens is 276 g/mol. The zero-order chi connectivity index (χ0) is 11.8. The van der Waals surface area contributed by atoms with E-state index >= 15 is 0 Å². The van der Waals surface area contributed by atoms with Gasteiger partial charge in [-0.25, -0.2) is 0 Å². The smallest absolute Gasteiger partial charge is 0.0429 e. The number of hydrogen-bond acceptors (Lipinski definition) is 2. The fourth-order valence-electron chi connectivity index (χ4n) is 3.20. The van der Waals surface area contributed by atoms with Crippen LogP contribution in [-0.4, -0.2) is 30.1 Å². The monoisotopic (exact) mass is 294 g/mol. The van der Waals surface area contributed by atoms with Gasteiger partial charge in [-0.15, -0.1) is 0 Å². The molecule has 2 unspecified atom stereocenters. The van der Waals surface area contributed by atoms with Gasteiger partial charge in [0.15, 0.2) is 0 Å². The second kappa shape index (κ2) is 4.62. The van der Waals surface area contributed by atoms with Crippen molar-refractivity contribution in [2.24, 2.45) is 0 Å². The van der Waals surface area contributed by atoms with E-state index in [1.165, 1.54) is 48.1 Å². The average Bonchev–Trinajstić information content (AvgIpc) is 2.88. The fraction of sp³-hybridized carbons (Fsp3) is 0.571. The lowest BCUT2D eigenvalue weighted by Crippen LogP contribution is -2.33. The Hall–Kier alpha value is -0.540. The van der Waals surface area contributed by atoms with E-state index < -0.39 is 0 Å². The minimum atomic E-state index is 0.651. The van der Waals surface area contributed by atoms with Crippen molar-refractivity contribution in [2.75, 3.05) is 18.4 Å². The number of nitrogens with one attached hydrogen (secondary N) is 1. The molecule has 2 saturated heterocycles. The number of aryl methyl sites for hydroxylation is 1. The van der Waals surface area contributed by atoms with Crippen molar-refractivity contribution in [1.29, 1.82) is 0 Å². The van der Waals surface area contributed by atoms with Crippen LogP contribution in [0.25, 0.3) is 0 Å². The van der Waals surface area contributed by atoms with Gasteiger partial charge in [-0.3, -0.25) is 4.90 Å². The van der Waals surface area contributed by atoms with Crippen LogP contribution in [0.3, 0.4) is 0 Å². The molecule has 3 rings (SSSR count). The Morgan fingerprint density at radius 1 is 1.29 bits per heavy atom. The van der Waals surface area contributed by atoms with Crippen LogP contribution >= 0.6 is 15.9 Å². The van der Waals surface area contributed by atoms with Gasteiger partial charge in [0.2, 0.25) is 0 Å². The molecule has 0 aromatic heterocycles. The Morgan fingerprint density at radius 3 is 3.00 bits per heavy atom. The maximum absolute atomic E-state index is 3.72. The highest BCUT2D eigenvalue weighted by molar-refractivity contribution is 9.10. The minimum absolute atomic E-state index is 0.651. The first-order valence-corrected chi connectivity index (χ1v) is 7.30. The van der Waals surface area contributed by atoms with E-state index in [9.17, 15) is 0 Å². The lowest BCUT2D eigenvalue weighted by molar-refractivity contribution is 0.318. The van der Waals surface area contributed by atoms with E-state index in [2.05, 4.69) is 51.3 Å². The van der Waals surface area contributed by atoms with Gasteiger partial charge in [0.25, 0.3) is 0 Å². The number of rotatable bonds is 2. The van der Waals surface area contributed by atoms with Gasteiger partial charge in [0.1, 0.15) is 0 Å². The summed E-state index contributed by atoms with van der Waals surface area (Å²) < 4.78 is 1.19. The van der Waals surface area contributed by atoms with Crippen LogP contribution < -0.4 is 5.32 Å². The van der Waals surface area contributed by atoms with Crippen molar-refractivity contribution < 1.29 is 0 Å². The summed E-state index contributed by atoms with van der Waals surface area (Å²) in [5, 5.41) is 3.72. The molecule has 92 valence electrons. The number of nitrogens with zero attached hydrogens (tertiary/aromatic N) is 1. The molecule has 2 aliphatic heterocycles. The molecule has 0 spiro atoms. The van der Waals surface area contributed by atoms with Crippen molar-refractivity contribution >= 4 is 21.6 Å². The first-order valence-electron chi connectivity index (χ1n) is 6.51. The van der Waals surface area contributed by atoms with Crippen molar-refractivity contribution in [1.82, 2.24) is 4.90 Å². The van der Waals surface area contributed by atoms with Crippen LogP contribution in [0.4, 0.5) is 5.69 Å². The molecule has 0 aliphatic carbocycles. The second-order valence-corrected chi connectivity index (χ2v) is 6.10. The van der Waals surface area contributed by atoms with E-state index in [1.807, 2.05) is 0 Å². The Kier molecular flexibility index (Phi) is 3.14.